The summed E-state index contributed by atoms with van der Waals surface area (Å²) in [5.41, 5.74) is 10.2. The van der Waals surface area contributed by atoms with E-state index in [9.17, 15) is 9.59 Å². The number of rotatable bonds is 11. The molecule has 7 nitrogen and oxygen atoms in total. The Bertz CT molecular complexity index is 1080. The van der Waals surface area contributed by atoms with Crippen molar-refractivity contribution in [1.29, 1.82) is 0 Å². The van der Waals surface area contributed by atoms with Crippen molar-refractivity contribution in [2.24, 2.45) is 0 Å². The number of benzene rings is 3. The normalized spacial score (nSPS) is 11.0. The standard InChI is InChI=1S/C26H32N4O3/c1-3-13-30(14-4-2)18-20-6-8-23-15-19(5-7-24(23)16-20)17-27-28-25(31)21-9-11-22(12-10-21)26(32)29-33/h5-12,15-16,27,33H,3-4,13-14,17-18H2,1-2H3,(H,28,31)(H,29,32). The van der Waals surface area contributed by atoms with E-state index in [1.165, 1.54) is 40.6 Å². The lowest BCUT2D eigenvalue weighted by molar-refractivity contribution is 0.0706. The predicted molar refractivity (Wildman–Crippen MR) is 130 cm³/mol. The first-order valence-corrected chi connectivity index (χ1v) is 11.4. The smallest absolute Gasteiger partial charge is 0.274 e. The fourth-order valence-corrected chi connectivity index (χ4v) is 3.85. The van der Waals surface area contributed by atoms with Crippen molar-refractivity contribution < 1.29 is 14.8 Å². The van der Waals surface area contributed by atoms with Crippen molar-refractivity contribution in [2.75, 3.05) is 13.1 Å². The Hall–Kier alpha value is -3.26. The molecule has 0 radical (unpaired) electrons. The highest BCUT2D eigenvalue weighted by atomic mass is 16.5. The van der Waals surface area contributed by atoms with Gasteiger partial charge in [-0.15, -0.1) is 0 Å². The van der Waals surface area contributed by atoms with Crippen molar-refractivity contribution in [3.05, 3.63) is 82.9 Å². The summed E-state index contributed by atoms with van der Waals surface area (Å²) < 4.78 is 0. The Morgan fingerprint density at radius 1 is 0.788 bits per heavy atom. The number of nitrogens with zero attached hydrogens (tertiary/aromatic N) is 1. The molecule has 33 heavy (non-hydrogen) atoms. The van der Waals surface area contributed by atoms with Gasteiger partial charge in [0.2, 0.25) is 0 Å². The first-order chi connectivity index (χ1) is 16.0. The second-order valence-electron chi connectivity index (χ2n) is 8.12. The van der Waals surface area contributed by atoms with Crippen LogP contribution in [0.25, 0.3) is 10.8 Å². The monoisotopic (exact) mass is 448 g/mol. The van der Waals surface area contributed by atoms with E-state index in [0.29, 0.717) is 12.1 Å². The van der Waals surface area contributed by atoms with Crippen LogP contribution in [0.2, 0.25) is 0 Å². The van der Waals surface area contributed by atoms with Crippen LogP contribution in [0, 0.1) is 0 Å². The zero-order chi connectivity index (χ0) is 23.6. The van der Waals surface area contributed by atoms with Crippen LogP contribution >= 0.6 is 0 Å². The third-order valence-corrected chi connectivity index (χ3v) is 5.46. The van der Waals surface area contributed by atoms with Gasteiger partial charge in [0.05, 0.1) is 0 Å². The molecule has 0 spiro atoms. The zero-order valence-corrected chi connectivity index (χ0v) is 19.2. The third-order valence-electron chi connectivity index (χ3n) is 5.46. The van der Waals surface area contributed by atoms with E-state index in [1.807, 2.05) is 0 Å². The molecular formula is C26H32N4O3. The summed E-state index contributed by atoms with van der Waals surface area (Å²) in [5, 5.41) is 11.0. The lowest BCUT2D eigenvalue weighted by Gasteiger charge is -2.21. The van der Waals surface area contributed by atoms with E-state index in [2.05, 4.69) is 66.0 Å². The Morgan fingerprint density at radius 3 is 1.91 bits per heavy atom. The molecule has 3 aromatic carbocycles. The molecule has 174 valence electrons. The van der Waals surface area contributed by atoms with Crippen molar-refractivity contribution in [1.82, 2.24) is 21.2 Å². The maximum absolute atomic E-state index is 12.3. The number of carbonyl (C=O) groups is 2. The van der Waals surface area contributed by atoms with Gasteiger partial charge in [-0.3, -0.25) is 25.1 Å². The topological polar surface area (TPSA) is 93.7 Å². The fourth-order valence-electron chi connectivity index (χ4n) is 3.85. The van der Waals surface area contributed by atoms with Crippen LogP contribution in [0.1, 0.15) is 58.5 Å². The zero-order valence-electron chi connectivity index (χ0n) is 19.2. The summed E-state index contributed by atoms with van der Waals surface area (Å²) in [5.74, 6) is -0.928. The number of hydroxylamine groups is 1. The largest absolute Gasteiger partial charge is 0.299 e. The highest BCUT2D eigenvalue weighted by Crippen LogP contribution is 2.19. The van der Waals surface area contributed by atoms with Crippen molar-refractivity contribution in [2.45, 2.75) is 39.8 Å². The highest BCUT2D eigenvalue weighted by molar-refractivity contribution is 5.97. The second kappa shape index (κ2) is 12.1. The number of fused-ring (bicyclic) bond motifs is 1. The van der Waals surface area contributed by atoms with Gasteiger partial charge in [-0.25, -0.2) is 10.9 Å². The molecule has 0 aliphatic rings. The van der Waals surface area contributed by atoms with Gasteiger partial charge < -0.3 is 0 Å². The fraction of sp³-hybridized carbons (Fsp3) is 0.308. The summed E-state index contributed by atoms with van der Waals surface area (Å²) in [6.45, 7) is 8.12. The van der Waals surface area contributed by atoms with Crippen LogP contribution in [0.5, 0.6) is 0 Å². The number of hydrazine groups is 1. The maximum Gasteiger partial charge on any atom is 0.274 e. The number of hydrogen-bond donors (Lipinski definition) is 4. The SMILES string of the molecule is CCCN(CCC)Cc1ccc2cc(CNNC(=O)c3ccc(C(=O)NO)cc3)ccc2c1. The van der Waals surface area contributed by atoms with Gasteiger partial charge in [-0.2, -0.15) is 0 Å². The van der Waals surface area contributed by atoms with Crippen LogP contribution in [-0.4, -0.2) is 35.0 Å². The van der Waals surface area contributed by atoms with Crippen LogP contribution in [0.4, 0.5) is 0 Å². The molecule has 0 bridgehead atoms. The Balaban J connectivity index is 1.56. The Morgan fingerprint density at radius 2 is 1.33 bits per heavy atom. The molecule has 4 N–H and O–H groups in total. The quantitative estimate of drug-likeness (QED) is 0.263. The number of amides is 2. The van der Waals surface area contributed by atoms with E-state index in [1.54, 1.807) is 5.48 Å². The molecule has 0 saturated carbocycles. The van der Waals surface area contributed by atoms with Gasteiger partial charge >= 0.3 is 0 Å². The van der Waals surface area contributed by atoms with Crippen LogP contribution in [-0.2, 0) is 13.1 Å². The Labute approximate surface area is 194 Å². The van der Waals surface area contributed by atoms with Gasteiger partial charge in [-0.05, 0) is 84.2 Å². The van der Waals surface area contributed by atoms with Crippen molar-refractivity contribution in [3.8, 4) is 0 Å². The van der Waals surface area contributed by atoms with E-state index in [0.717, 1.165) is 38.0 Å². The molecule has 7 heteroatoms. The molecule has 0 aromatic heterocycles. The summed E-state index contributed by atoms with van der Waals surface area (Å²) in [6.07, 6.45) is 2.32. The van der Waals surface area contributed by atoms with Gasteiger partial charge in [-0.1, -0.05) is 38.1 Å². The van der Waals surface area contributed by atoms with Crippen LogP contribution in [0.3, 0.4) is 0 Å². The highest BCUT2D eigenvalue weighted by Gasteiger charge is 2.09. The average molecular weight is 449 g/mol. The van der Waals surface area contributed by atoms with E-state index in [-0.39, 0.29) is 11.5 Å². The number of hydrogen-bond acceptors (Lipinski definition) is 5. The van der Waals surface area contributed by atoms with Crippen LogP contribution < -0.4 is 16.3 Å². The Kier molecular flexibility index (Phi) is 8.95. The molecular weight excluding hydrogens is 416 g/mol. The molecule has 0 aliphatic carbocycles. The number of carbonyl (C=O) groups excluding carboxylic acids is 2. The first-order valence-electron chi connectivity index (χ1n) is 11.4. The van der Waals surface area contributed by atoms with E-state index in [4.69, 9.17) is 5.21 Å². The van der Waals surface area contributed by atoms with Crippen LogP contribution in [0.15, 0.2) is 60.7 Å². The molecule has 3 aromatic rings. The van der Waals surface area contributed by atoms with Crippen molar-refractivity contribution >= 4 is 22.6 Å². The second-order valence-corrected chi connectivity index (χ2v) is 8.12. The van der Waals surface area contributed by atoms with Gasteiger partial charge in [0.25, 0.3) is 11.8 Å². The van der Waals surface area contributed by atoms with Crippen molar-refractivity contribution in [3.63, 3.8) is 0 Å². The minimum Gasteiger partial charge on any atom is -0.299 e. The molecule has 0 fully saturated rings. The van der Waals surface area contributed by atoms with E-state index < -0.39 is 5.91 Å². The lowest BCUT2D eigenvalue weighted by atomic mass is 10.0. The summed E-state index contributed by atoms with van der Waals surface area (Å²) in [6, 6.07) is 18.9. The predicted octanol–water partition coefficient (Wildman–Crippen LogP) is 4.02. The third kappa shape index (κ3) is 6.86. The maximum atomic E-state index is 12.3. The minimum atomic E-state index is -0.622. The molecule has 2 amide bonds. The molecule has 0 heterocycles. The molecule has 3 rings (SSSR count). The summed E-state index contributed by atoms with van der Waals surface area (Å²) in [7, 11) is 0. The van der Waals surface area contributed by atoms with Gasteiger partial charge in [0.1, 0.15) is 0 Å². The van der Waals surface area contributed by atoms with Gasteiger partial charge in [0.15, 0.2) is 0 Å². The molecule has 0 unspecified atom stereocenters. The number of nitrogens with one attached hydrogen (secondary N) is 3. The first kappa shape index (κ1) is 24.4. The minimum absolute atomic E-state index is 0.268. The molecule has 0 saturated heterocycles. The summed E-state index contributed by atoms with van der Waals surface area (Å²) in [4.78, 5) is 26.1. The average Bonchev–Trinajstić information content (AvgIpc) is 2.84. The van der Waals surface area contributed by atoms with Gasteiger partial charge in [0, 0.05) is 24.2 Å². The molecule has 0 aliphatic heterocycles. The summed E-state index contributed by atoms with van der Waals surface area (Å²) >= 11 is 0. The lowest BCUT2D eigenvalue weighted by Crippen LogP contribution is -2.36. The van der Waals surface area contributed by atoms with E-state index >= 15 is 0 Å². The molecule has 0 atom stereocenters.